The van der Waals surface area contributed by atoms with E-state index >= 15 is 0 Å². The largest absolute Gasteiger partial charge is 0.469 e. The topological polar surface area (TPSA) is 92.0 Å². The van der Waals surface area contributed by atoms with Crippen molar-refractivity contribution in [3.8, 4) is 0 Å². The zero-order valence-electron chi connectivity index (χ0n) is 14.8. The van der Waals surface area contributed by atoms with Crippen molar-refractivity contribution in [2.24, 2.45) is 0 Å². The van der Waals surface area contributed by atoms with Crippen molar-refractivity contribution < 1.29 is 23.8 Å². The predicted octanol–water partition coefficient (Wildman–Crippen LogP) is 2.06. The minimum Gasteiger partial charge on any atom is -0.469 e. The van der Waals surface area contributed by atoms with E-state index in [1.54, 1.807) is 42.2 Å². The highest BCUT2D eigenvalue weighted by molar-refractivity contribution is 6.05. The summed E-state index contributed by atoms with van der Waals surface area (Å²) in [5, 5.41) is 12.7. The number of hydrogen-bond acceptors (Lipinski definition) is 5. The Bertz CT molecular complexity index is 783. The maximum Gasteiger partial charge on any atom is 0.259 e. The molecule has 1 aliphatic heterocycles. The molecule has 2 N–H and O–H groups in total. The molecule has 0 radical (unpaired) electrons. The number of aryl methyl sites for hydroxylation is 1. The van der Waals surface area contributed by atoms with Crippen LogP contribution in [0.25, 0.3) is 0 Å². The van der Waals surface area contributed by atoms with E-state index in [0.29, 0.717) is 35.7 Å². The summed E-state index contributed by atoms with van der Waals surface area (Å²) >= 11 is 0. The standard InChI is InChI=1S/C19H22N2O5/c1-3-21(16-10-25-11-17(16)22)19(24)13-4-6-14(7-5-13)20-18(23)15-8-9-26-12(15)2/h4-9,16-17,22H,3,10-11H2,1-2H3,(H,20,23)/t16-,17-/m1/s1. The molecule has 1 aliphatic rings. The second kappa shape index (κ2) is 7.72. The first-order valence-corrected chi connectivity index (χ1v) is 8.53. The second-order valence-corrected chi connectivity index (χ2v) is 6.19. The molecule has 0 bridgehead atoms. The molecule has 0 spiro atoms. The fourth-order valence-electron chi connectivity index (χ4n) is 3.04. The van der Waals surface area contributed by atoms with Crippen molar-refractivity contribution in [3.63, 3.8) is 0 Å². The van der Waals surface area contributed by atoms with Crippen LogP contribution in [0.4, 0.5) is 5.69 Å². The predicted molar refractivity (Wildman–Crippen MR) is 95.2 cm³/mol. The van der Waals surface area contributed by atoms with Crippen molar-refractivity contribution >= 4 is 17.5 Å². The van der Waals surface area contributed by atoms with E-state index in [2.05, 4.69) is 5.32 Å². The normalized spacial score (nSPS) is 19.3. The zero-order chi connectivity index (χ0) is 18.7. The van der Waals surface area contributed by atoms with Crippen molar-refractivity contribution in [2.45, 2.75) is 26.0 Å². The van der Waals surface area contributed by atoms with Crippen LogP contribution in [0.2, 0.25) is 0 Å². The van der Waals surface area contributed by atoms with Gasteiger partial charge in [0.1, 0.15) is 5.76 Å². The molecule has 1 aromatic carbocycles. The summed E-state index contributed by atoms with van der Waals surface area (Å²) in [6.45, 7) is 4.63. The molecule has 2 atom stereocenters. The molecule has 0 aliphatic carbocycles. The Morgan fingerprint density at radius 1 is 1.23 bits per heavy atom. The minimum absolute atomic E-state index is 0.175. The molecule has 2 amide bonds. The highest BCUT2D eigenvalue weighted by Crippen LogP contribution is 2.19. The summed E-state index contributed by atoms with van der Waals surface area (Å²) in [5.74, 6) is 0.104. The minimum atomic E-state index is -0.671. The molecule has 1 aromatic heterocycles. The Hall–Kier alpha value is -2.64. The van der Waals surface area contributed by atoms with Gasteiger partial charge in [-0.25, -0.2) is 0 Å². The average molecular weight is 358 g/mol. The average Bonchev–Trinajstić information content (AvgIpc) is 3.25. The number of likely N-dealkylation sites (N-methyl/N-ethyl adjacent to an activating group) is 1. The highest BCUT2D eigenvalue weighted by atomic mass is 16.5. The van der Waals surface area contributed by atoms with Gasteiger partial charge in [-0.3, -0.25) is 9.59 Å². The number of benzene rings is 1. The number of carbonyl (C=O) groups excluding carboxylic acids is 2. The van der Waals surface area contributed by atoms with Crippen molar-refractivity contribution in [1.29, 1.82) is 0 Å². The van der Waals surface area contributed by atoms with Gasteiger partial charge in [0.25, 0.3) is 11.8 Å². The smallest absolute Gasteiger partial charge is 0.259 e. The zero-order valence-corrected chi connectivity index (χ0v) is 14.8. The number of aliphatic hydroxyl groups excluding tert-OH is 1. The SMILES string of the molecule is CCN(C(=O)c1ccc(NC(=O)c2ccoc2C)cc1)[C@@H]1COC[C@H]1O. The Morgan fingerprint density at radius 3 is 2.50 bits per heavy atom. The van der Waals surface area contributed by atoms with Crippen LogP contribution in [0.3, 0.4) is 0 Å². The van der Waals surface area contributed by atoms with Crippen LogP contribution in [0.15, 0.2) is 41.0 Å². The lowest BCUT2D eigenvalue weighted by atomic mass is 10.1. The Morgan fingerprint density at radius 2 is 1.96 bits per heavy atom. The molecule has 7 heteroatoms. The van der Waals surface area contributed by atoms with E-state index in [1.807, 2.05) is 6.92 Å². The number of aliphatic hydroxyl groups is 1. The lowest BCUT2D eigenvalue weighted by Crippen LogP contribution is -2.46. The summed E-state index contributed by atoms with van der Waals surface area (Å²) in [7, 11) is 0. The first-order valence-electron chi connectivity index (χ1n) is 8.53. The van der Waals surface area contributed by atoms with E-state index in [1.165, 1.54) is 6.26 Å². The number of anilines is 1. The third-order valence-corrected chi connectivity index (χ3v) is 4.52. The van der Waals surface area contributed by atoms with Gasteiger partial charge in [0, 0.05) is 17.8 Å². The molecule has 0 saturated carbocycles. The molecule has 0 unspecified atom stereocenters. The van der Waals surface area contributed by atoms with E-state index in [-0.39, 0.29) is 24.5 Å². The number of furan rings is 1. The van der Waals surface area contributed by atoms with Gasteiger partial charge in [-0.2, -0.15) is 0 Å². The van der Waals surface area contributed by atoms with Gasteiger partial charge in [-0.15, -0.1) is 0 Å². The first-order chi connectivity index (χ1) is 12.5. The van der Waals surface area contributed by atoms with Crippen LogP contribution in [0.1, 0.15) is 33.4 Å². The third-order valence-electron chi connectivity index (χ3n) is 4.52. The molecule has 2 aromatic rings. The highest BCUT2D eigenvalue weighted by Gasteiger charge is 2.34. The molecule has 1 saturated heterocycles. The summed E-state index contributed by atoms with van der Waals surface area (Å²) in [5.41, 5.74) is 1.54. The van der Waals surface area contributed by atoms with Crippen LogP contribution in [-0.4, -0.2) is 53.7 Å². The molecule has 7 nitrogen and oxygen atoms in total. The van der Waals surface area contributed by atoms with E-state index in [4.69, 9.17) is 9.15 Å². The maximum atomic E-state index is 12.7. The quantitative estimate of drug-likeness (QED) is 0.854. The van der Waals surface area contributed by atoms with Gasteiger partial charge in [0.15, 0.2) is 0 Å². The number of rotatable bonds is 5. The summed E-state index contributed by atoms with van der Waals surface area (Å²) in [6.07, 6.45) is 0.794. The van der Waals surface area contributed by atoms with Gasteiger partial charge >= 0.3 is 0 Å². The molecule has 2 heterocycles. The number of carbonyl (C=O) groups is 2. The number of hydrogen-bond donors (Lipinski definition) is 2. The van der Waals surface area contributed by atoms with E-state index in [9.17, 15) is 14.7 Å². The van der Waals surface area contributed by atoms with Gasteiger partial charge in [-0.1, -0.05) is 0 Å². The van der Waals surface area contributed by atoms with Gasteiger partial charge in [-0.05, 0) is 44.2 Å². The monoisotopic (exact) mass is 358 g/mol. The van der Waals surface area contributed by atoms with Gasteiger partial charge < -0.3 is 24.5 Å². The molecule has 1 fully saturated rings. The summed E-state index contributed by atoms with van der Waals surface area (Å²) in [4.78, 5) is 26.5. The molecular weight excluding hydrogens is 336 g/mol. The number of ether oxygens (including phenoxy) is 1. The molecular formula is C19H22N2O5. The number of nitrogens with one attached hydrogen (secondary N) is 1. The lowest BCUT2D eigenvalue weighted by Gasteiger charge is -2.28. The summed E-state index contributed by atoms with van der Waals surface area (Å²) < 4.78 is 10.4. The molecule has 138 valence electrons. The van der Waals surface area contributed by atoms with Gasteiger partial charge in [0.2, 0.25) is 0 Å². The third kappa shape index (κ3) is 3.63. The van der Waals surface area contributed by atoms with Crippen molar-refractivity contribution in [1.82, 2.24) is 4.90 Å². The lowest BCUT2D eigenvalue weighted by molar-refractivity contribution is 0.0520. The Labute approximate surface area is 151 Å². The fraction of sp³-hybridized carbons (Fsp3) is 0.368. The molecule has 26 heavy (non-hydrogen) atoms. The van der Waals surface area contributed by atoms with E-state index in [0.717, 1.165) is 0 Å². The molecule has 3 rings (SSSR count). The van der Waals surface area contributed by atoms with Gasteiger partial charge in [0.05, 0.1) is 37.2 Å². The Kier molecular flexibility index (Phi) is 5.39. The van der Waals surface area contributed by atoms with Crippen LogP contribution < -0.4 is 5.32 Å². The van der Waals surface area contributed by atoms with Crippen molar-refractivity contribution in [2.75, 3.05) is 25.1 Å². The number of amides is 2. The first kappa shape index (κ1) is 18.2. The van der Waals surface area contributed by atoms with Crippen LogP contribution in [-0.2, 0) is 4.74 Å². The van der Waals surface area contributed by atoms with Crippen molar-refractivity contribution in [3.05, 3.63) is 53.5 Å². The second-order valence-electron chi connectivity index (χ2n) is 6.19. The maximum absolute atomic E-state index is 12.7. The van der Waals surface area contributed by atoms with Crippen LogP contribution in [0.5, 0.6) is 0 Å². The summed E-state index contributed by atoms with van der Waals surface area (Å²) in [6, 6.07) is 7.94. The number of nitrogens with zero attached hydrogens (tertiary/aromatic N) is 1. The Balaban J connectivity index is 1.69. The fourth-order valence-corrected chi connectivity index (χ4v) is 3.04. The van der Waals surface area contributed by atoms with Crippen LogP contribution >= 0.6 is 0 Å². The van der Waals surface area contributed by atoms with Crippen LogP contribution in [0, 0.1) is 6.92 Å². The van der Waals surface area contributed by atoms with E-state index < -0.39 is 6.10 Å².